The largest absolute Gasteiger partial charge is 0.497 e. The maximum absolute atomic E-state index is 12.2. The van der Waals surface area contributed by atoms with E-state index in [1.165, 1.54) is 25.7 Å². The van der Waals surface area contributed by atoms with Gasteiger partial charge < -0.3 is 4.74 Å². The summed E-state index contributed by atoms with van der Waals surface area (Å²) >= 11 is 0. The molecule has 0 aliphatic heterocycles. The minimum atomic E-state index is -3.40. The molecular formula is C15H21NO3S. The zero-order chi connectivity index (χ0) is 14.2. The summed E-state index contributed by atoms with van der Waals surface area (Å²) in [5.41, 5.74) is 0. The molecule has 110 valence electrons. The van der Waals surface area contributed by atoms with E-state index in [2.05, 4.69) is 4.72 Å². The molecule has 0 amide bonds. The number of hydrogen-bond acceptors (Lipinski definition) is 3. The van der Waals surface area contributed by atoms with Crippen molar-refractivity contribution in [2.24, 2.45) is 17.8 Å². The molecule has 1 aromatic rings. The molecular weight excluding hydrogens is 274 g/mol. The van der Waals surface area contributed by atoms with Gasteiger partial charge in [0.15, 0.2) is 0 Å². The second-order valence-corrected chi connectivity index (χ2v) is 7.73. The second-order valence-electron chi connectivity index (χ2n) is 5.96. The second kappa shape index (κ2) is 5.37. The molecule has 0 saturated heterocycles. The van der Waals surface area contributed by atoms with Crippen LogP contribution in [0.4, 0.5) is 0 Å². The van der Waals surface area contributed by atoms with Crippen LogP contribution in [0.3, 0.4) is 0 Å². The van der Waals surface area contributed by atoms with E-state index in [1.54, 1.807) is 31.4 Å². The molecule has 0 aromatic heterocycles. The van der Waals surface area contributed by atoms with E-state index >= 15 is 0 Å². The molecule has 5 heteroatoms. The summed E-state index contributed by atoms with van der Waals surface area (Å²) in [5.74, 6) is 2.77. The van der Waals surface area contributed by atoms with Gasteiger partial charge in [-0.05, 0) is 61.3 Å². The molecule has 4 nitrogen and oxygen atoms in total. The van der Waals surface area contributed by atoms with Crippen molar-refractivity contribution >= 4 is 10.0 Å². The first-order valence-corrected chi connectivity index (χ1v) is 8.70. The highest BCUT2D eigenvalue weighted by Crippen LogP contribution is 2.48. The van der Waals surface area contributed by atoms with Crippen molar-refractivity contribution in [1.82, 2.24) is 4.72 Å². The molecule has 2 saturated carbocycles. The van der Waals surface area contributed by atoms with Crippen molar-refractivity contribution in [1.29, 1.82) is 0 Å². The summed E-state index contributed by atoms with van der Waals surface area (Å²) in [6, 6.07) is 6.52. The van der Waals surface area contributed by atoms with E-state index in [-0.39, 0.29) is 0 Å². The summed E-state index contributed by atoms with van der Waals surface area (Å²) < 4.78 is 32.3. The van der Waals surface area contributed by atoms with E-state index in [1.807, 2.05) is 0 Å². The Morgan fingerprint density at radius 1 is 1.20 bits per heavy atom. The van der Waals surface area contributed by atoms with Crippen LogP contribution in [0.2, 0.25) is 0 Å². The van der Waals surface area contributed by atoms with Crippen molar-refractivity contribution in [3.63, 3.8) is 0 Å². The SMILES string of the molecule is COc1ccc(S(=O)(=O)NC[C@@H]2C[C@H]3CC[C@H]2C3)cc1. The predicted octanol–water partition coefficient (Wildman–Crippen LogP) is 2.41. The number of benzene rings is 1. The van der Waals surface area contributed by atoms with Gasteiger partial charge in [0.1, 0.15) is 5.75 Å². The van der Waals surface area contributed by atoms with Gasteiger partial charge in [-0.25, -0.2) is 13.1 Å². The lowest BCUT2D eigenvalue weighted by atomic mass is 9.89. The lowest BCUT2D eigenvalue weighted by molar-refractivity contribution is 0.333. The minimum absolute atomic E-state index is 0.307. The zero-order valence-electron chi connectivity index (χ0n) is 11.7. The van der Waals surface area contributed by atoms with Gasteiger partial charge in [-0.15, -0.1) is 0 Å². The molecule has 0 spiro atoms. The highest BCUT2D eigenvalue weighted by molar-refractivity contribution is 7.89. The van der Waals surface area contributed by atoms with Gasteiger partial charge in [-0.2, -0.15) is 0 Å². The molecule has 20 heavy (non-hydrogen) atoms. The van der Waals surface area contributed by atoms with Crippen LogP contribution >= 0.6 is 0 Å². The number of methoxy groups -OCH3 is 1. The summed E-state index contributed by atoms with van der Waals surface area (Å²) in [5, 5.41) is 0. The molecule has 3 rings (SSSR count). The monoisotopic (exact) mass is 295 g/mol. The highest BCUT2D eigenvalue weighted by atomic mass is 32.2. The Labute approximate surface area is 120 Å². The van der Waals surface area contributed by atoms with E-state index in [0.29, 0.717) is 23.1 Å². The lowest BCUT2D eigenvalue weighted by Gasteiger charge is -2.21. The van der Waals surface area contributed by atoms with Crippen LogP contribution < -0.4 is 9.46 Å². The van der Waals surface area contributed by atoms with Gasteiger partial charge in [-0.3, -0.25) is 0 Å². The van der Waals surface area contributed by atoms with Crippen molar-refractivity contribution in [2.45, 2.75) is 30.6 Å². The number of sulfonamides is 1. The molecule has 2 fully saturated rings. The third-order valence-electron chi connectivity index (χ3n) is 4.79. The molecule has 3 atom stereocenters. The first kappa shape index (κ1) is 13.9. The molecule has 2 aliphatic rings. The van der Waals surface area contributed by atoms with E-state index < -0.39 is 10.0 Å². The standard InChI is InChI=1S/C15H21NO3S/c1-19-14-4-6-15(7-5-14)20(17,18)16-10-13-9-11-2-3-12(13)8-11/h4-7,11-13,16H,2-3,8-10H2,1H3/t11-,12-,13-/m0/s1. The van der Waals surface area contributed by atoms with Crippen molar-refractivity contribution in [2.75, 3.05) is 13.7 Å². The molecule has 2 aliphatic carbocycles. The van der Waals surface area contributed by atoms with Crippen LogP contribution in [0.15, 0.2) is 29.2 Å². The van der Waals surface area contributed by atoms with E-state index in [4.69, 9.17) is 4.74 Å². The first-order valence-electron chi connectivity index (χ1n) is 7.22. The Hall–Kier alpha value is -1.07. The third kappa shape index (κ3) is 2.69. The Bertz CT molecular complexity index is 567. The van der Waals surface area contributed by atoms with Crippen LogP contribution in [0, 0.1) is 17.8 Å². The van der Waals surface area contributed by atoms with Gasteiger partial charge in [0.2, 0.25) is 10.0 Å². The third-order valence-corrected chi connectivity index (χ3v) is 6.23. The van der Waals surface area contributed by atoms with Gasteiger partial charge in [0, 0.05) is 6.54 Å². The summed E-state index contributed by atoms with van der Waals surface area (Å²) in [4.78, 5) is 0.307. The average Bonchev–Trinajstić information content (AvgIpc) is 3.08. The van der Waals surface area contributed by atoms with Crippen LogP contribution in [0.25, 0.3) is 0 Å². The van der Waals surface area contributed by atoms with Crippen LogP contribution in [-0.4, -0.2) is 22.1 Å². The summed E-state index contributed by atoms with van der Waals surface area (Å²) in [7, 11) is -1.83. The van der Waals surface area contributed by atoms with Crippen LogP contribution in [0.5, 0.6) is 5.75 Å². The van der Waals surface area contributed by atoms with Gasteiger partial charge in [0.25, 0.3) is 0 Å². The molecule has 0 heterocycles. The average molecular weight is 295 g/mol. The first-order chi connectivity index (χ1) is 9.58. The fourth-order valence-corrected chi connectivity index (χ4v) is 4.78. The highest BCUT2D eigenvalue weighted by Gasteiger charge is 2.39. The number of fused-ring (bicyclic) bond motifs is 2. The number of nitrogens with one attached hydrogen (secondary N) is 1. The Morgan fingerprint density at radius 2 is 1.95 bits per heavy atom. The smallest absolute Gasteiger partial charge is 0.240 e. The number of ether oxygens (including phenoxy) is 1. The Balaban J connectivity index is 1.63. The fraction of sp³-hybridized carbons (Fsp3) is 0.600. The fourth-order valence-electron chi connectivity index (χ4n) is 3.68. The Kier molecular flexibility index (Phi) is 3.73. The zero-order valence-corrected chi connectivity index (χ0v) is 12.5. The van der Waals surface area contributed by atoms with E-state index in [0.717, 1.165) is 11.8 Å². The molecule has 2 bridgehead atoms. The molecule has 0 radical (unpaired) electrons. The van der Waals surface area contributed by atoms with Crippen LogP contribution in [-0.2, 0) is 10.0 Å². The van der Waals surface area contributed by atoms with Gasteiger partial charge in [-0.1, -0.05) is 6.42 Å². The van der Waals surface area contributed by atoms with Crippen molar-refractivity contribution < 1.29 is 13.2 Å². The Morgan fingerprint density at radius 3 is 2.50 bits per heavy atom. The maximum Gasteiger partial charge on any atom is 0.240 e. The topological polar surface area (TPSA) is 55.4 Å². The summed E-state index contributed by atoms with van der Waals surface area (Å²) in [6.07, 6.45) is 5.11. The number of rotatable bonds is 5. The molecule has 1 aromatic carbocycles. The maximum atomic E-state index is 12.2. The van der Waals surface area contributed by atoms with Crippen LogP contribution in [0.1, 0.15) is 25.7 Å². The normalized spacial score (nSPS) is 28.8. The predicted molar refractivity (Wildman–Crippen MR) is 77.1 cm³/mol. The van der Waals surface area contributed by atoms with Crippen molar-refractivity contribution in [3.05, 3.63) is 24.3 Å². The van der Waals surface area contributed by atoms with Gasteiger partial charge in [0.05, 0.1) is 12.0 Å². The van der Waals surface area contributed by atoms with E-state index in [9.17, 15) is 8.42 Å². The molecule has 0 unspecified atom stereocenters. The summed E-state index contributed by atoms with van der Waals surface area (Å²) in [6.45, 7) is 0.579. The number of hydrogen-bond donors (Lipinski definition) is 1. The minimum Gasteiger partial charge on any atom is -0.497 e. The quantitative estimate of drug-likeness (QED) is 0.907. The lowest BCUT2D eigenvalue weighted by Crippen LogP contribution is -2.31. The van der Waals surface area contributed by atoms with Gasteiger partial charge >= 0.3 is 0 Å². The van der Waals surface area contributed by atoms with Crippen molar-refractivity contribution in [3.8, 4) is 5.75 Å². The molecule has 1 N–H and O–H groups in total.